The monoisotopic (exact) mass is 165 g/mol. The molecule has 1 aliphatic rings. The minimum atomic E-state index is -0.837. The van der Waals surface area contributed by atoms with Crippen molar-refractivity contribution in [1.29, 1.82) is 0 Å². The Bertz CT molecular complexity index is 85.6. The van der Waals surface area contributed by atoms with Gasteiger partial charge in [0.15, 0.2) is 0 Å². The highest BCUT2D eigenvalue weighted by Crippen LogP contribution is 2.21. The van der Waals surface area contributed by atoms with Gasteiger partial charge in [0.2, 0.25) is 0 Å². The van der Waals surface area contributed by atoms with E-state index in [1.807, 2.05) is 0 Å². The van der Waals surface area contributed by atoms with E-state index in [4.69, 9.17) is 5.73 Å². The molecule has 2 nitrogen and oxygen atoms in total. The maximum atomic E-state index is 9.33. The summed E-state index contributed by atoms with van der Waals surface area (Å²) in [6.07, 6.45) is 6.22. The molecule has 0 atom stereocenters. The minimum absolute atomic E-state index is 0. The normalized spacial score (nSPS) is 24.6. The standard InChI is InChI=1S/C7H15NO.ClH/c8-7(9)5-3-1-2-4-6-7;/h9H,1-6,8H2;1H. The molecule has 1 aliphatic carbocycles. The summed E-state index contributed by atoms with van der Waals surface area (Å²) in [7, 11) is 0. The fraction of sp³-hybridized carbons (Fsp3) is 1.00. The van der Waals surface area contributed by atoms with Crippen LogP contribution in [0.4, 0.5) is 0 Å². The lowest BCUT2D eigenvalue weighted by atomic mass is 10.1. The highest BCUT2D eigenvalue weighted by atomic mass is 35.5. The zero-order valence-corrected chi connectivity index (χ0v) is 6.99. The van der Waals surface area contributed by atoms with E-state index in [9.17, 15) is 5.11 Å². The van der Waals surface area contributed by atoms with E-state index in [1.54, 1.807) is 0 Å². The molecule has 0 saturated heterocycles. The number of hydrogen-bond donors (Lipinski definition) is 2. The Labute approximate surface area is 68.2 Å². The first-order chi connectivity index (χ1) is 4.21. The summed E-state index contributed by atoms with van der Waals surface area (Å²) in [5.41, 5.74) is 4.70. The minimum Gasteiger partial charge on any atom is -0.376 e. The maximum absolute atomic E-state index is 9.33. The highest BCUT2D eigenvalue weighted by Gasteiger charge is 2.21. The second kappa shape index (κ2) is 4.16. The van der Waals surface area contributed by atoms with Crippen molar-refractivity contribution in [3.8, 4) is 0 Å². The number of nitrogens with two attached hydrogens (primary N) is 1. The van der Waals surface area contributed by atoms with Gasteiger partial charge in [-0.15, -0.1) is 12.4 Å². The molecule has 0 aliphatic heterocycles. The summed E-state index contributed by atoms with van der Waals surface area (Å²) >= 11 is 0. The van der Waals surface area contributed by atoms with Crippen molar-refractivity contribution in [2.45, 2.75) is 44.2 Å². The molecule has 0 amide bonds. The van der Waals surface area contributed by atoms with Crippen LogP contribution in [0, 0.1) is 0 Å². The number of rotatable bonds is 0. The second-order valence-electron chi connectivity index (χ2n) is 3.02. The predicted molar refractivity (Wildman–Crippen MR) is 44.1 cm³/mol. The van der Waals surface area contributed by atoms with Gasteiger partial charge in [-0.1, -0.05) is 12.8 Å². The average molecular weight is 166 g/mol. The van der Waals surface area contributed by atoms with Crippen LogP contribution < -0.4 is 5.73 Å². The number of hydrogen-bond acceptors (Lipinski definition) is 2. The molecule has 3 N–H and O–H groups in total. The molecule has 0 radical (unpaired) electrons. The highest BCUT2D eigenvalue weighted by molar-refractivity contribution is 5.85. The van der Waals surface area contributed by atoms with Crippen molar-refractivity contribution in [1.82, 2.24) is 0 Å². The molecule has 0 bridgehead atoms. The van der Waals surface area contributed by atoms with Crippen molar-refractivity contribution >= 4 is 12.4 Å². The van der Waals surface area contributed by atoms with Crippen LogP contribution in [0.3, 0.4) is 0 Å². The van der Waals surface area contributed by atoms with Crippen molar-refractivity contribution in [3.63, 3.8) is 0 Å². The molecular weight excluding hydrogens is 150 g/mol. The van der Waals surface area contributed by atoms with Gasteiger partial charge in [0.1, 0.15) is 5.72 Å². The van der Waals surface area contributed by atoms with Crippen LogP contribution in [0.1, 0.15) is 38.5 Å². The fourth-order valence-corrected chi connectivity index (χ4v) is 1.34. The quantitative estimate of drug-likeness (QED) is 0.421. The van der Waals surface area contributed by atoms with E-state index in [1.165, 1.54) is 12.8 Å². The van der Waals surface area contributed by atoms with Crippen LogP contribution in [-0.4, -0.2) is 10.8 Å². The van der Waals surface area contributed by atoms with E-state index < -0.39 is 5.72 Å². The van der Waals surface area contributed by atoms with Gasteiger partial charge in [0, 0.05) is 0 Å². The molecule has 62 valence electrons. The van der Waals surface area contributed by atoms with E-state index >= 15 is 0 Å². The van der Waals surface area contributed by atoms with Crippen molar-refractivity contribution in [2.24, 2.45) is 5.73 Å². The molecular formula is C7H16ClNO. The van der Waals surface area contributed by atoms with Crippen LogP contribution in [0.15, 0.2) is 0 Å². The number of halogens is 1. The van der Waals surface area contributed by atoms with Crippen molar-refractivity contribution in [3.05, 3.63) is 0 Å². The van der Waals surface area contributed by atoms with Crippen molar-refractivity contribution < 1.29 is 5.11 Å². The van der Waals surface area contributed by atoms with Crippen LogP contribution in [0.2, 0.25) is 0 Å². The zero-order chi connectivity index (χ0) is 6.74. The van der Waals surface area contributed by atoms with Gasteiger partial charge in [-0.2, -0.15) is 0 Å². The third-order valence-electron chi connectivity index (χ3n) is 1.97. The van der Waals surface area contributed by atoms with Gasteiger partial charge < -0.3 is 10.8 Å². The first-order valence-corrected chi connectivity index (χ1v) is 3.72. The molecule has 1 fully saturated rings. The van der Waals surface area contributed by atoms with Gasteiger partial charge in [-0.05, 0) is 25.7 Å². The van der Waals surface area contributed by atoms with E-state index in [0.29, 0.717) is 0 Å². The molecule has 0 heterocycles. The first-order valence-electron chi connectivity index (χ1n) is 3.72. The van der Waals surface area contributed by atoms with E-state index in [-0.39, 0.29) is 12.4 Å². The van der Waals surface area contributed by atoms with Crippen LogP contribution in [0.5, 0.6) is 0 Å². The summed E-state index contributed by atoms with van der Waals surface area (Å²) in [5, 5.41) is 9.33. The second-order valence-corrected chi connectivity index (χ2v) is 3.02. The Hall–Kier alpha value is 0.210. The van der Waals surface area contributed by atoms with Gasteiger partial charge in [0.25, 0.3) is 0 Å². The lowest BCUT2D eigenvalue weighted by Gasteiger charge is -2.19. The first kappa shape index (κ1) is 10.2. The Balaban J connectivity index is 0.000000810. The van der Waals surface area contributed by atoms with Crippen LogP contribution >= 0.6 is 12.4 Å². The Morgan fingerprint density at radius 1 is 1.00 bits per heavy atom. The summed E-state index contributed by atoms with van der Waals surface area (Å²) in [6.45, 7) is 0. The van der Waals surface area contributed by atoms with Crippen LogP contribution in [-0.2, 0) is 0 Å². The molecule has 1 saturated carbocycles. The molecule has 3 heteroatoms. The largest absolute Gasteiger partial charge is 0.376 e. The van der Waals surface area contributed by atoms with Gasteiger partial charge in [-0.25, -0.2) is 0 Å². The Kier molecular flexibility index (Phi) is 4.25. The molecule has 0 aromatic carbocycles. The van der Waals surface area contributed by atoms with E-state index in [2.05, 4.69) is 0 Å². The molecule has 0 aromatic rings. The summed E-state index contributed by atoms with van der Waals surface area (Å²) in [5.74, 6) is 0. The topological polar surface area (TPSA) is 46.2 Å². The third-order valence-corrected chi connectivity index (χ3v) is 1.97. The lowest BCUT2D eigenvalue weighted by molar-refractivity contribution is 0.0315. The Morgan fingerprint density at radius 2 is 1.40 bits per heavy atom. The third kappa shape index (κ3) is 3.40. The maximum Gasteiger partial charge on any atom is 0.113 e. The van der Waals surface area contributed by atoms with Crippen LogP contribution in [0.25, 0.3) is 0 Å². The zero-order valence-electron chi connectivity index (χ0n) is 6.18. The summed E-state index contributed by atoms with van der Waals surface area (Å²) < 4.78 is 0. The fourth-order valence-electron chi connectivity index (χ4n) is 1.34. The molecule has 0 aromatic heterocycles. The average Bonchev–Trinajstić information content (AvgIpc) is 1.92. The summed E-state index contributed by atoms with van der Waals surface area (Å²) in [4.78, 5) is 0. The molecule has 0 unspecified atom stereocenters. The smallest absolute Gasteiger partial charge is 0.113 e. The molecule has 0 spiro atoms. The SMILES string of the molecule is Cl.NC1(O)CCCCCC1. The van der Waals surface area contributed by atoms with E-state index in [0.717, 1.165) is 25.7 Å². The molecule has 10 heavy (non-hydrogen) atoms. The molecule has 1 rings (SSSR count). The predicted octanol–water partition coefficient (Wildman–Crippen LogP) is 1.41. The lowest BCUT2D eigenvalue weighted by Crippen LogP contribution is -2.38. The number of aliphatic hydroxyl groups is 1. The van der Waals surface area contributed by atoms with Gasteiger partial charge >= 0.3 is 0 Å². The Morgan fingerprint density at radius 3 is 1.80 bits per heavy atom. The van der Waals surface area contributed by atoms with Gasteiger partial charge in [-0.3, -0.25) is 0 Å². The van der Waals surface area contributed by atoms with Gasteiger partial charge in [0.05, 0.1) is 0 Å². The summed E-state index contributed by atoms with van der Waals surface area (Å²) in [6, 6.07) is 0. The van der Waals surface area contributed by atoms with Crippen molar-refractivity contribution in [2.75, 3.05) is 0 Å².